The van der Waals surface area contributed by atoms with Gasteiger partial charge in [-0.05, 0) is 42.5 Å². The maximum Gasteiger partial charge on any atom is 0.272 e. The first kappa shape index (κ1) is 19.1. The SMILES string of the molecule is O=C(/C=C/CO)Nc1cccc(NC(=O)c2ccc(-c3ccccc3F)[nH]2)c1. The molecule has 0 bridgehead atoms. The second-order valence-electron chi connectivity index (χ2n) is 5.87. The molecular formula is C21H18FN3O3. The summed E-state index contributed by atoms with van der Waals surface area (Å²) in [5.41, 5.74) is 2.13. The van der Waals surface area contributed by atoms with Crippen molar-refractivity contribution in [3.8, 4) is 11.3 Å². The number of nitrogens with one attached hydrogen (secondary N) is 3. The van der Waals surface area contributed by atoms with Crippen LogP contribution in [-0.4, -0.2) is 28.5 Å². The number of aliphatic hydroxyl groups is 1. The highest BCUT2D eigenvalue weighted by Gasteiger charge is 2.12. The molecule has 1 aromatic heterocycles. The van der Waals surface area contributed by atoms with Gasteiger partial charge in [0.15, 0.2) is 0 Å². The van der Waals surface area contributed by atoms with Crippen LogP contribution in [0.1, 0.15) is 10.5 Å². The topological polar surface area (TPSA) is 94.2 Å². The van der Waals surface area contributed by atoms with Crippen molar-refractivity contribution in [2.45, 2.75) is 0 Å². The number of halogens is 1. The van der Waals surface area contributed by atoms with Gasteiger partial charge in [-0.3, -0.25) is 9.59 Å². The lowest BCUT2D eigenvalue weighted by Gasteiger charge is -2.07. The molecule has 6 nitrogen and oxygen atoms in total. The number of carbonyl (C=O) groups is 2. The van der Waals surface area contributed by atoms with Gasteiger partial charge in [0.1, 0.15) is 11.5 Å². The van der Waals surface area contributed by atoms with Gasteiger partial charge in [-0.2, -0.15) is 0 Å². The average molecular weight is 379 g/mol. The molecule has 0 aliphatic heterocycles. The van der Waals surface area contributed by atoms with E-state index in [9.17, 15) is 14.0 Å². The number of hydrogen-bond acceptors (Lipinski definition) is 3. The first-order valence-electron chi connectivity index (χ1n) is 8.50. The molecule has 3 aromatic rings. The van der Waals surface area contributed by atoms with Crippen LogP contribution >= 0.6 is 0 Å². The molecule has 0 spiro atoms. The molecule has 3 rings (SSSR count). The summed E-state index contributed by atoms with van der Waals surface area (Å²) >= 11 is 0. The smallest absolute Gasteiger partial charge is 0.272 e. The number of amides is 2. The number of aromatic nitrogens is 1. The van der Waals surface area contributed by atoms with Crippen molar-refractivity contribution >= 4 is 23.2 Å². The minimum atomic E-state index is -0.397. The Morgan fingerprint density at radius 3 is 2.50 bits per heavy atom. The van der Waals surface area contributed by atoms with Crippen molar-refractivity contribution in [2.24, 2.45) is 0 Å². The van der Waals surface area contributed by atoms with Gasteiger partial charge in [-0.1, -0.05) is 24.3 Å². The van der Waals surface area contributed by atoms with E-state index in [-0.39, 0.29) is 18.1 Å². The van der Waals surface area contributed by atoms with Gasteiger partial charge in [-0.15, -0.1) is 0 Å². The van der Waals surface area contributed by atoms with E-state index in [1.807, 2.05) is 0 Å². The number of aromatic amines is 1. The second kappa shape index (κ2) is 8.79. The van der Waals surface area contributed by atoms with Crippen molar-refractivity contribution in [1.82, 2.24) is 4.98 Å². The highest BCUT2D eigenvalue weighted by atomic mass is 19.1. The summed E-state index contributed by atoms with van der Waals surface area (Å²) in [7, 11) is 0. The van der Waals surface area contributed by atoms with Crippen molar-refractivity contribution in [3.63, 3.8) is 0 Å². The zero-order chi connectivity index (χ0) is 19.9. The van der Waals surface area contributed by atoms with Crippen molar-refractivity contribution in [3.05, 3.63) is 84.3 Å². The molecule has 2 amide bonds. The Bertz CT molecular complexity index is 1030. The van der Waals surface area contributed by atoms with Crippen molar-refractivity contribution in [2.75, 3.05) is 17.2 Å². The zero-order valence-corrected chi connectivity index (χ0v) is 14.8. The monoisotopic (exact) mass is 379 g/mol. The molecule has 2 aromatic carbocycles. The number of anilines is 2. The molecule has 7 heteroatoms. The Morgan fingerprint density at radius 1 is 1.00 bits per heavy atom. The molecule has 0 aliphatic rings. The summed E-state index contributed by atoms with van der Waals surface area (Å²) in [5.74, 6) is -1.17. The molecule has 0 unspecified atom stereocenters. The van der Waals surface area contributed by atoms with E-state index in [0.717, 1.165) is 0 Å². The summed E-state index contributed by atoms with van der Waals surface area (Å²) in [4.78, 5) is 27.0. The molecule has 1 heterocycles. The zero-order valence-electron chi connectivity index (χ0n) is 14.8. The van der Waals surface area contributed by atoms with Gasteiger partial charge in [-0.25, -0.2) is 4.39 Å². The molecule has 4 N–H and O–H groups in total. The van der Waals surface area contributed by atoms with E-state index >= 15 is 0 Å². The molecule has 0 fully saturated rings. The van der Waals surface area contributed by atoms with Crippen LogP contribution in [0.3, 0.4) is 0 Å². The third-order valence-electron chi connectivity index (χ3n) is 3.86. The van der Waals surface area contributed by atoms with E-state index in [1.54, 1.807) is 54.6 Å². The van der Waals surface area contributed by atoms with Crippen LogP contribution in [0.4, 0.5) is 15.8 Å². The molecule has 0 radical (unpaired) electrons. The van der Waals surface area contributed by atoms with Gasteiger partial charge >= 0.3 is 0 Å². The van der Waals surface area contributed by atoms with Gasteiger partial charge in [0.25, 0.3) is 5.91 Å². The normalized spacial score (nSPS) is 10.8. The largest absolute Gasteiger partial charge is 0.392 e. The minimum Gasteiger partial charge on any atom is -0.392 e. The first-order chi connectivity index (χ1) is 13.6. The van der Waals surface area contributed by atoms with Crippen LogP contribution in [0.2, 0.25) is 0 Å². The fourth-order valence-electron chi connectivity index (χ4n) is 2.58. The Balaban J connectivity index is 1.70. The number of H-pyrrole nitrogens is 1. The minimum absolute atomic E-state index is 0.228. The van der Waals surface area contributed by atoms with Crippen molar-refractivity contribution < 1.29 is 19.1 Å². The highest BCUT2D eigenvalue weighted by Crippen LogP contribution is 2.22. The van der Waals surface area contributed by atoms with Gasteiger partial charge in [0.05, 0.1) is 6.61 Å². The van der Waals surface area contributed by atoms with Crippen LogP contribution in [0.5, 0.6) is 0 Å². The predicted octanol–water partition coefficient (Wildman–Crippen LogP) is 3.56. The lowest BCUT2D eigenvalue weighted by Crippen LogP contribution is -2.13. The lowest BCUT2D eigenvalue weighted by molar-refractivity contribution is -0.111. The fourth-order valence-corrected chi connectivity index (χ4v) is 2.58. The van der Waals surface area contributed by atoms with Crippen LogP contribution in [0, 0.1) is 5.82 Å². The maximum atomic E-state index is 13.9. The van der Waals surface area contributed by atoms with E-state index < -0.39 is 11.8 Å². The summed E-state index contributed by atoms with van der Waals surface area (Å²) in [5, 5.41) is 14.0. The Labute approximate surface area is 160 Å². The standard InChI is InChI=1S/C21H18FN3O3/c22-17-8-2-1-7-16(17)18-10-11-19(25-18)21(28)24-15-6-3-5-14(13-15)23-20(27)9-4-12-26/h1-11,13,25-26H,12H2,(H,23,27)(H,24,28)/b9-4+. The quantitative estimate of drug-likeness (QED) is 0.493. The number of carbonyl (C=O) groups excluding carboxylic acids is 2. The van der Waals surface area contributed by atoms with E-state index in [1.165, 1.54) is 18.2 Å². The number of hydrogen-bond donors (Lipinski definition) is 4. The predicted molar refractivity (Wildman–Crippen MR) is 105 cm³/mol. The number of rotatable bonds is 6. The maximum absolute atomic E-state index is 13.9. The molecule has 0 saturated heterocycles. The highest BCUT2D eigenvalue weighted by molar-refractivity contribution is 6.04. The van der Waals surface area contributed by atoms with Crippen molar-refractivity contribution in [1.29, 1.82) is 0 Å². The molecule has 0 aliphatic carbocycles. The van der Waals surface area contributed by atoms with Crippen LogP contribution in [0.15, 0.2) is 72.8 Å². The average Bonchev–Trinajstić information content (AvgIpc) is 3.17. The third-order valence-corrected chi connectivity index (χ3v) is 3.86. The summed E-state index contributed by atoms with van der Waals surface area (Å²) < 4.78 is 13.9. The summed E-state index contributed by atoms with van der Waals surface area (Å²) in [6.07, 6.45) is 2.54. The molecule has 0 atom stereocenters. The third kappa shape index (κ3) is 4.72. The Hall–Kier alpha value is -3.71. The van der Waals surface area contributed by atoms with Crippen LogP contribution < -0.4 is 10.6 Å². The number of benzene rings is 2. The molecule has 0 saturated carbocycles. The van der Waals surface area contributed by atoms with Gasteiger partial charge in [0.2, 0.25) is 5.91 Å². The van der Waals surface area contributed by atoms with Gasteiger partial charge in [0, 0.05) is 28.7 Å². The molecular weight excluding hydrogens is 361 g/mol. The van der Waals surface area contributed by atoms with E-state index in [2.05, 4.69) is 15.6 Å². The number of aliphatic hydroxyl groups excluding tert-OH is 1. The van der Waals surface area contributed by atoms with E-state index in [4.69, 9.17) is 5.11 Å². The van der Waals surface area contributed by atoms with Gasteiger partial charge < -0.3 is 20.7 Å². The fraction of sp³-hybridized carbons (Fsp3) is 0.0476. The summed E-state index contributed by atoms with van der Waals surface area (Å²) in [6.45, 7) is -0.228. The van der Waals surface area contributed by atoms with E-state index in [0.29, 0.717) is 22.6 Å². The van der Waals surface area contributed by atoms with Crippen LogP contribution in [0.25, 0.3) is 11.3 Å². The summed E-state index contributed by atoms with van der Waals surface area (Å²) in [6, 6.07) is 16.1. The second-order valence-corrected chi connectivity index (χ2v) is 5.87. The Kier molecular flexibility index (Phi) is 5.98. The van der Waals surface area contributed by atoms with Crippen LogP contribution in [-0.2, 0) is 4.79 Å². The lowest BCUT2D eigenvalue weighted by atomic mass is 10.1. The molecule has 28 heavy (non-hydrogen) atoms. The first-order valence-corrected chi connectivity index (χ1v) is 8.50. The Morgan fingerprint density at radius 2 is 1.75 bits per heavy atom. The molecule has 142 valence electrons.